The van der Waals surface area contributed by atoms with Crippen molar-refractivity contribution in [3.63, 3.8) is 0 Å². The maximum absolute atomic E-state index is 6.18. The van der Waals surface area contributed by atoms with Crippen LogP contribution in [0.25, 0.3) is 16.6 Å². The summed E-state index contributed by atoms with van der Waals surface area (Å²) < 4.78 is 1.69. The largest absolute Gasteiger partial charge is 0.351 e. The average Bonchev–Trinajstić information content (AvgIpc) is 3.03. The van der Waals surface area contributed by atoms with Crippen molar-refractivity contribution in [2.75, 3.05) is 10.6 Å². The van der Waals surface area contributed by atoms with Crippen LogP contribution in [-0.4, -0.2) is 20.0 Å². The van der Waals surface area contributed by atoms with Gasteiger partial charge in [0, 0.05) is 15.4 Å². The first kappa shape index (κ1) is 12.9. The molecule has 8 heteroatoms. The van der Waals surface area contributed by atoms with Gasteiger partial charge in [0.2, 0.25) is 5.65 Å². The Morgan fingerprint density at radius 1 is 0.870 bits per heavy atom. The Kier molecular flexibility index (Phi) is 2.51. The number of nitrogens with zero attached hydrogens (tertiary/aromatic N) is 4. The van der Waals surface area contributed by atoms with Gasteiger partial charge < -0.3 is 10.6 Å². The van der Waals surface area contributed by atoms with Crippen LogP contribution in [0.3, 0.4) is 0 Å². The second-order valence-corrected chi connectivity index (χ2v) is 6.14. The number of tetrazole rings is 1. The highest BCUT2D eigenvalue weighted by molar-refractivity contribution is 6.32. The zero-order valence-electron chi connectivity index (χ0n) is 11.5. The molecule has 4 aromatic rings. The molecular weight excluding hydrogens is 335 g/mol. The van der Waals surface area contributed by atoms with Gasteiger partial charge in [0.15, 0.2) is 0 Å². The van der Waals surface area contributed by atoms with Crippen LogP contribution in [0.5, 0.6) is 0 Å². The summed E-state index contributed by atoms with van der Waals surface area (Å²) in [5.74, 6) is 0. The van der Waals surface area contributed by atoms with Crippen LogP contribution in [0, 0.1) is 0 Å². The molecule has 0 saturated carbocycles. The molecule has 3 heterocycles. The monoisotopic (exact) mass is 342 g/mol. The fraction of sp³-hybridized carbons (Fsp3) is 0. The summed E-state index contributed by atoms with van der Waals surface area (Å²) in [4.78, 5) is 0. The highest BCUT2D eigenvalue weighted by atomic mass is 35.5. The van der Waals surface area contributed by atoms with E-state index in [-0.39, 0.29) is 0 Å². The Balaban J connectivity index is 1.90. The summed E-state index contributed by atoms with van der Waals surface area (Å²) in [5, 5.41) is 21.0. The molecule has 0 radical (unpaired) electrons. The van der Waals surface area contributed by atoms with E-state index in [1.807, 2.05) is 36.4 Å². The topological polar surface area (TPSA) is 67.1 Å². The average molecular weight is 343 g/mol. The minimum Gasteiger partial charge on any atom is -0.351 e. The number of hydrogen-bond donors (Lipinski definition) is 2. The van der Waals surface area contributed by atoms with Gasteiger partial charge in [-0.15, -0.1) is 5.10 Å². The zero-order valence-corrected chi connectivity index (χ0v) is 13.0. The molecule has 1 aliphatic heterocycles. The quantitative estimate of drug-likeness (QED) is 0.437. The minimum absolute atomic E-state index is 0.632. The molecule has 23 heavy (non-hydrogen) atoms. The summed E-state index contributed by atoms with van der Waals surface area (Å²) in [5.41, 5.74) is 4.99. The van der Waals surface area contributed by atoms with Crippen LogP contribution >= 0.6 is 23.2 Å². The van der Waals surface area contributed by atoms with Crippen LogP contribution in [-0.2, 0) is 0 Å². The van der Waals surface area contributed by atoms with Crippen LogP contribution in [0.2, 0.25) is 10.0 Å². The van der Waals surface area contributed by atoms with Gasteiger partial charge in [-0.3, -0.25) is 0 Å². The van der Waals surface area contributed by atoms with Crippen molar-refractivity contribution in [1.29, 1.82) is 0 Å². The summed E-state index contributed by atoms with van der Waals surface area (Å²) in [6.07, 6.45) is 0. The summed E-state index contributed by atoms with van der Waals surface area (Å²) in [6, 6.07) is 11.2. The van der Waals surface area contributed by atoms with E-state index in [9.17, 15) is 0 Å². The number of hydrogen-bond acceptors (Lipinski definition) is 5. The lowest BCUT2D eigenvalue weighted by Gasteiger charge is -2.24. The van der Waals surface area contributed by atoms with Gasteiger partial charge in [-0.25, -0.2) is 0 Å². The standard InChI is InChI=1S/C15H8Cl2N6/c16-7-2-4-12-9(5-7)13-14(15-20-21-22-23(12)15)19-11-6-8(17)1-3-10(11)18-13/h1-6,18-19H. The molecule has 0 fully saturated rings. The van der Waals surface area contributed by atoms with E-state index in [0.717, 1.165) is 33.7 Å². The molecule has 0 aliphatic carbocycles. The Morgan fingerprint density at radius 3 is 2.57 bits per heavy atom. The van der Waals surface area contributed by atoms with E-state index in [4.69, 9.17) is 23.2 Å². The molecular formula is C15H8Cl2N6. The second kappa shape index (κ2) is 4.47. The minimum atomic E-state index is 0.632. The molecule has 0 unspecified atom stereocenters. The molecule has 2 aromatic heterocycles. The van der Waals surface area contributed by atoms with Crippen molar-refractivity contribution < 1.29 is 0 Å². The molecule has 0 amide bonds. The molecule has 0 saturated heterocycles. The van der Waals surface area contributed by atoms with Crippen molar-refractivity contribution in [2.45, 2.75) is 0 Å². The molecule has 6 nitrogen and oxygen atoms in total. The molecule has 1 aliphatic rings. The number of benzene rings is 2. The van der Waals surface area contributed by atoms with Gasteiger partial charge >= 0.3 is 0 Å². The molecule has 112 valence electrons. The molecule has 0 atom stereocenters. The van der Waals surface area contributed by atoms with E-state index in [0.29, 0.717) is 15.7 Å². The van der Waals surface area contributed by atoms with E-state index in [1.54, 1.807) is 4.52 Å². The second-order valence-electron chi connectivity index (χ2n) is 5.27. The lowest BCUT2D eigenvalue weighted by molar-refractivity contribution is 0.842. The van der Waals surface area contributed by atoms with Crippen molar-refractivity contribution in [3.05, 3.63) is 46.4 Å². The fourth-order valence-corrected chi connectivity index (χ4v) is 3.24. The van der Waals surface area contributed by atoms with Gasteiger partial charge in [0.05, 0.1) is 22.6 Å². The summed E-state index contributed by atoms with van der Waals surface area (Å²) in [7, 11) is 0. The zero-order chi connectivity index (χ0) is 15.6. The van der Waals surface area contributed by atoms with Gasteiger partial charge in [0.25, 0.3) is 0 Å². The maximum atomic E-state index is 6.18. The summed E-state index contributed by atoms with van der Waals surface area (Å²) >= 11 is 12.3. The number of halogens is 2. The van der Waals surface area contributed by atoms with Gasteiger partial charge in [-0.05, 0) is 46.8 Å². The molecule has 5 rings (SSSR count). The number of nitrogens with one attached hydrogen (secondary N) is 2. The Morgan fingerprint density at radius 2 is 1.65 bits per heavy atom. The Bertz CT molecular complexity index is 1100. The third kappa shape index (κ3) is 1.79. The first-order valence-corrected chi connectivity index (χ1v) is 7.63. The predicted molar refractivity (Wildman–Crippen MR) is 91.3 cm³/mol. The van der Waals surface area contributed by atoms with Crippen molar-refractivity contribution in [3.8, 4) is 0 Å². The SMILES string of the molecule is Clc1ccc2c(c1)Nc1c(c3cc(Cl)ccc3n3nnnc13)N2. The first-order valence-electron chi connectivity index (χ1n) is 6.87. The fourth-order valence-electron chi connectivity index (χ4n) is 2.89. The van der Waals surface area contributed by atoms with Gasteiger partial charge in [-0.1, -0.05) is 23.2 Å². The number of aromatic nitrogens is 4. The first-order chi connectivity index (χ1) is 11.2. The Hall–Kier alpha value is -2.57. The number of anilines is 4. The highest BCUT2D eigenvalue weighted by Gasteiger charge is 2.23. The van der Waals surface area contributed by atoms with E-state index >= 15 is 0 Å². The van der Waals surface area contributed by atoms with Gasteiger partial charge in [-0.2, -0.15) is 4.52 Å². The molecule has 2 aromatic carbocycles. The third-order valence-electron chi connectivity index (χ3n) is 3.90. The van der Waals surface area contributed by atoms with Crippen LogP contribution < -0.4 is 10.6 Å². The maximum Gasteiger partial charge on any atom is 0.205 e. The number of rotatable bonds is 0. The van der Waals surface area contributed by atoms with E-state index < -0.39 is 0 Å². The van der Waals surface area contributed by atoms with Crippen molar-refractivity contribution >= 4 is 62.5 Å². The number of pyridine rings is 1. The smallest absolute Gasteiger partial charge is 0.205 e. The lowest BCUT2D eigenvalue weighted by Crippen LogP contribution is -2.09. The van der Waals surface area contributed by atoms with Gasteiger partial charge in [0.1, 0.15) is 5.69 Å². The van der Waals surface area contributed by atoms with Crippen LogP contribution in [0.15, 0.2) is 36.4 Å². The third-order valence-corrected chi connectivity index (χ3v) is 4.37. The van der Waals surface area contributed by atoms with Crippen molar-refractivity contribution in [2.24, 2.45) is 0 Å². The molecule has 0 spiro atoms. The number of fused-ring (bicyclic) bond motifs is 7. The summed E-state index contributed by atoms with van der Waals surface area (Å²) in [6.45, 7) is 0. The van der Waals surface area contributed by atoms with E-state index in [1.165, 1.54) is 0 Å². The van der Waals surface area contributed by atoms with Crippen molar-refractivity contribution in [1.82, 2.24) is 20.0 Å². The van der Waals surface area contributed by atoms with E-state index in [2.05, 4.69) is 26.2 Å². The normalized spacial score (nSPS) is 12.6. The Labute approximate surface area is 140 Å². The predicted octanol–water partition coefficient (Wildman–Crippen LogP) is 4.38. The molecule has 2 N–H and O–H groups in total. The lowest BCUT2D eigenvalue weighted by atomic mass is 10.1. The molecule has 0 bridgehead atoms. The van der Waals surface area contributed by atoms with Crippen LogP contribution in [0.1, 0.15) is 0 Å². The highest BCUT2D eigenvalue weighted by Crippen LogP contribution is 2.45. The van der Waals surface area contributed by atoms with Crippen LogP contribution in [0.4, 0.5) is 22.7 Å².